The zero-order valence-corrected chi connectivity index (χ0v) is 16.3. The van der Waals surface area contributed by atoms with Crippen LogP contribution >= 0.6 is 24.4 Å². The molecule has 0 heterocycles. The van der Waals surface area contributed by atoms with Gasteiger partial charge in [-0.25, -0.2) is 0 Å². The third kappa shape index (κ3) is 9.27. The molecule has 0 bridgehead atoms. The van der Waals surface area contributed by atoms with Gasteiger partial charge in [-0.3, -0.25) is 19.2 Å². The lowest BCUT2D eigenvalue weighted by atomic mass is 10.1. The van der Waals surface area contributed by atoms with Gasteiger partial charge in [0.2, 0.25) is 17.7 Å². The second kappa shape index (κ2) is 12.8. The summed E-state index contributed by atoms with van der Waals surface area (Å²) < 4.78 is 0. The van der Waals surface area contributed by atoms with Crippen molar-refractivity contribution >= 4 is 48.1 Å². The third-order valence-electron chi connectivity index (χ3n) is 3.26. The Labute approximate surface area is 161 Å². The van der Waals surface area contributed by atoms with Crippen molar-refractivity contribution < 1.29 is 29.4 Å². The van der Waals surface area contributed by atoms with E-state index in [1.807, 2.05) is 6.26 Å². The summed E-state index contributed by atoms with van der Waals surface area (Å²) in [4.78, 5) is 46.7. The molecule has 10 nitrogen and oxygen atoms in total. The molecule has 0 aromatic carbocycles. The number of nitrogens with two attached hydrogens (primary N) is 1. The predicted octanol–water partition coefficient (Wildman–Crippen LogP) is -2.45. The number of aliphatic carboxylic acids is 1. The Morgan fingerprint density at radius 2 is 1.77 bits per heavy atom. The van der Waals surface area contributed by atoms with Gasteiger partial charge in [-0.2, -0.15) is 24.4 Å². The molecule has 0 saturated heterocycles. The molecule has 12 heteroatoms. The lowest BCUT2D eigenvalue weighted by Crippen LogP contribution is -2.59. The van der Waals surface area contributed by atoms with E-state index in [9.17, 15) is 24.3 Å². The molecule has 4 atom stereocenters. The van der Waals surface area contributed by atoms with E-state index in [0.29, 0.717) is 12.2 Å². The molecule has 7 N–H and O–H groups in total. The number of carboxylic acid groups (broad SMARTS) is 1. The number of thiol groups is 1. The zero-order chi connectivity index (χ0) is 20.3. The first kappa shape index (κ1) is 24.5. The first-order valence-electron chi connectivity index (χ1n) is 7.77. The summed E-state index contributed by atoms with van der Waals surface area (Å²) in [6.45, 7) is 0.604. The van der Waals surface area contributed by atoms with Crippen LogP contribution in [-0.4, -0.2) is 82.4 Å². The molecular weight excluding hydrogens is 384 g/mol. The lowest BCUT2D eigenvalue weighted by Gasteiger charge is -2.24. The zero-order valence-electron chi connectivity index (χ0n) is 14.6. The predicted molar refractivity (Wildman–Crippen MR) is 101 cm³/mol. The van der Waals surface area contributed by atoms with Crippen molar-refractivity contribution in [3.8, 4) is 0 Å². The van der Waals surface area contributed by atoms with Gasteiger partial charge in [0, 0.05) is 5.75 Å². The number of nitrogens with one attached hydrogen (secondary N) is 3. The van der Waals surface area contributed by atoms with Crippen LogP contribution in [0.1, 0.15) is 13.3 Å². The summed E-state index contributed by atoms with van der Waals surface area (Å²) >= 11 is 5.53. The highest BCUT2D eigenvalue weighted by molar-refractivity contribution is 7.98. The van der Waals surface area contributed by atoms with Crippen LogP contribution in [0.2, 0.25) is 0 Å². The van der Waals surface area contributed by atoms with Crippen LogP contribution in [0.25, 0.3) is 0 Å². The van der Waals surface area contributed by atoms with Crippen molar-refractivity contribution in [3.63, 3.8) is 0 Å². The number of thioether (sulfide) groups is 1. The average Bonchev–Trinajstić information content (AvgIpc) is 2.58. The molecule has 0 spiro atoms. The number of hydrogen-bond acceptors (Lipinski definition) is 8. The normalized spacial score (nSPS) is 15.3. The first-order valence-corrected chi connectivity index (χ1v) is 9.80. The van der Waals surface area contributed by atoms with Crippen molar-refractivity contribution in [2.75, 3.05) is 24.3 Å². The minimum Gasteiger partial charge on any atom is -0.480 e. The number of carboxylic acids is 1. The molecule has 150 valence electrons. The van der Waals surface area contributed by atoms with Crippen LogP contribution in [-0.2, 0) is 19.2 Å². The number of aliphatic hydroxyl groups excluding tert-OH is 1. The fourth-order valence-corrected chi connectivity index (χ4v) is 2.53. The van der Waals surface area contributed by atoms with E-state index in [2.05, 4.69) is 28.6 Å². The lowest BCUT2D eigenvalue weighted by molar-refractivity contribution is -0.139. The molecule has 0 aliphatic carbocycles. The summed E-state index contributed by atoms with van der Waals surface area (Å²) in [5, 5.41) is 25.0. The summed E-state index contributed by atoms with van der Waals surface area (Å²) in [7, 11) is 0. The molecule has 0 aliphatic rings. The van der Waals surface area contributed by atoms with E-state index < -0.39 is 54.5 Å². The number of amides is 3. The Bertz CT molecular complexity index is 506. The quantitative estimate of drug-likeness (QED) is 0.174. The molecule has 0 fully saturated rings. The summed E-state index contributed by atoms with van der Waals surface area (Å²) in [6.07, 6.45) is 1.02. The largest absolute Gasteiger partial charge is 0.480 e. The van der Waals surface area contributed by atoms with Crippen molar-refractivity contribution in [2.24, 2.45) is 5.73 Å². The highest BCUT2D eigenvalue weighted by atomic mass is 32.2. The van der Waals surface area contributed by atoms with Gasteiger partial charge in [-0.15, -0.1) is 0 Å². The van der Waals surface area contributed by atoms with Crippen molar-refractivity contribution in [2.45, 2.75) is 37.6 Å². The second-order valence-corrected chi connectivity index (χ2v) is 6.82. The maximum absolute atomic E-state index is 12.3. The van der Waals surface area contributed by atoms with Crippen LogP contribution < -0.4 is 21.7 Å². The standard InChI is InChI=1S/C14H26N4O6S2/c1-7(19)11(14(24)16-5-10(20)21)18-13(23)9(6-25)17-12(22)8(15)3-4-26-2/h7-9,11,19,25H,3-6,15H2,1-2H3,(H,16,24)(H,17,22)(H,18,23)(H,20,21). The van der Waals surface area contributed by atoms with Gasteiger partial charge in [0.25, 0.3) is 0 Å². The van der Waals surface area contributed by atoms with Crippen LogP contribution in [0.5, 0.6) is 0 Å². The number of rotatable bonds is 12. The summed E-state index contributed by atoms with van der Waals surface area (Å²) in [5.74, 6) is -2.79. The summed E-state index contributed by atoms with van der Waals surface area (Å²) in [6, 6.07) is -3.24. The molecule has 0 radical (unpaired) electrons. The molecule has 4 unspecified atom stereocenters. The fraction of sp³-hybridized carbons (Fsp3) is 0.714. The fourth-order valence-electron chi connectivity index (χ4n) is 1.78. The van der Waals surface area contributed by atoms with Crippen LogP contribution in [0.4, 0.5) is 0 Å². The van der Waals surface area contributed by atoms with Gasteiger partial charge in [-0.1, -0.05) is 0 Å². The number of carbonyl (C=O) groups excluding carboxylic acids is 3. The van der Waals surface area contributed by atoms with Gasteiger partial charge in [0.05, 0.1) is 12.1 Å². The van der Waals surface area contributed by atoms with Gasteiger partial charge in [-0.05, 0) is 25.4 Å². The highest BCUT2D eigenvalue weighted by Crippen LogP contribution is 2.01. The molecular formula is C14H26N4O6S2. The minimum absolute atomic E-state index is 0.0594. The van der Waals surface area contributed by atoms with Crippen molar-refractivity contribution in [1.82, 2.24) is 16.0 Å². The molecule has 0 saturated carbocycles. The van der Waals surface area contributed by atoms with Crippen molar-refractivity contribution in [1.29, 1.82) is 0 Å². The average molecular weight is 411 g/mol. The van der Waals surface area contributed by atoms with E-state index in [-0.39, 0.29) is 5.75 Å². The molecule has 0 aliphatic heterocycles. The smallest absolute Gasteiger partial charge is 0.322 e. The van der Waals surface area contributed by atoms with Crippen molar-refractivity contribution in [3.05, 3.63) is 0 Å². The van der Waals surface area contributed by atoms with E-state index >= 15 is 0 Å². The van der Waals surface area contributed by atoms with Crippen LogP contribution in [0.15, 0.2) is 0 Å². The number of hydrogen-bond donors (Lipinski definition) is 7. The van der Waals surface area contributed by atoms with E-state index in [4.69, 9.17) is 10.8 Å². The number of aliphatic hydroxyl groups is 1. The second-order valence-electron chi connectivity index (χ2n) is 5.47. The topological polar surface area (TPSA) is 171 Å². The molecule has 26 heavy (non-hydrogen) atoms. The Morgan fingerprint density at radius 3 is 2.23 bits per heavy atom. The molecule has 3 amide bonds. The van der Waals surface area contributed by atoms with E-state index in [0.717, 1.165) is 0 Å². The first-order chi connectivity index (χ1) is 12.1. The minimum atomic E-state index is -1.38. The Hall–Kier alpha value is -1.50. The van der Waals surface area contributed by atoms with E-state index in [1.54, 1.807) is 0 Å². The van der Waals surface area contributed by atoms with Crippen LogP contribution in [0, 0.1) is 0 Å². The summed E-state index contributed by atoms with van der Waals surface area (Å²) in [5.41, 5.74) is 5.73. The third-order valence-corrected chi connectivity index (χ3v) is 4.27. The maximum atomic E-state index is 12.3. The number of carbonyl (C=O) groups is 4. The molecule has 0 aromatic heterocycles. The Morgan fingerprint density at radius 1 is 1.15 bits per heavy atom. The SMILES string of the molecule is CSCCC(N)C(=O)NC(CS)C(=O)NC(C(=O)NCC(=O)O)C(C)O. The monoisotopic (exact) mass is 410 g/mol. The molecule has 0 rings (SSSR count). The van der Waals surface area contributed by atoms with Gasteiger partial charge in [0.1, 0.15) is 18.6 Å². The van der Waals surface area contributed by atoms with Crippen LogP contribution in [0.3, 0.4) is 0 Å². The van der Waals surface area contributed by atoms with Gasteiger partial charge in [0.15, 0.2) is 0 Å². The Kier molecular flexibility index (Phi) is 12.1. The molecule has 0 aromatic rings. The van der Waals surface area contributed by atoms with Gasteiger partial charge < -0.3 is 31.9 Å². The Balaban J connectivity index is 4.84. The van der Waals surface area contributed by atoms with E-state index in [1.165, 1.54) is 18.7 Å². The van der Waals surface area contributed by atoms with Gasteiger partial charge >= 0.3 is 5.97 Å². The maximum Gasteiger partial charge on any atom is 0.322 e. The highest BCUT2D eigenvalue weighted by Gasteiger charge is 2.30.